The summed E-state index contributed by atoms with van der Waals surface area (Å²) in [5.41, 5.74) is 6.90. The number of aliphatic carboxylic acids is 1. The number of carboxylic acids is 1. The van der Waals surface area contributed by atoms with Gasteiger partial charge in [0.15, 0.2) is 5.71 Å². The van der Waals surface area contributed by atoms with Crippen molar-refractivity contribution in [3.63, 3.8) is 0 Å². The first-order chi connectivity index (χ1) is 18.6. The maximum atomic E-state index is 13.2. The van der Waals surface area contributed by atoms with E-state index in [0.29, 0.717) is 5.69 Å². The molecule has 186 valence electrons. The summed E-state index contributed by atoms with van der Waals surface area (Å²) in [6.07, 6.45) is 3.54. The number of para-hydroxylation sites is 1. The molecule has 1 N–H and O–H groups in total. The van der Waals surface area contributed by atoms with Crippen LogP contribution in [-0.4, -0.2) is 29.2 Å². The zero-order chi connectivity index (χ0) is 26.1. The summed E-state index contributed by atoms with van der Waals surface area (Å²) < 4.78 is 0. The Bertz CT molecular complexity index is 1580. The summed E-state index contributed by atoms with van der Waals surface area (Å²) in [6.45, 7) is 0.915. The second-order valence-corrected chi connectivity index (χ2v) is 9.32. The van der Waals surface area contributed by atoms with Gasteiger partial charge in [-0.1, -0.05) is 66.7 Å². The average molecular weight is 500 g/mol. The van der Waals surface area contributed by atoms with Crippen molar-refractivity contribution >= 4 is 40.7 Å². The molecule has 0 bridgehead atoms. The molecule has 2 aliphatic heterocycles. The number of nitrogens with zero attached hydrogens (tertiary/aromatic N) is 3. The van der Waals surface area contributed by atoms with Crippen LogP contribution in [0.1, 0.15) is 17.5 Å². The Morgan fingerprint density at radius 3 is 2.21 bits per heavy atom. The number of anilines is 3. The molecule has 0 unspecified atom stereocenters. The fourth-order valence-electron chi connectivity index (χ4n) is 5.05. The van der Waals surface area contributed by atoms with Gasteiger partial charge in [0.05, 0.1) is 11.3 Å². The predicted octanol–water partition coefficient (Wildman–Crippen LogP) is 6.31. The van der Waals surface area contributed by atoms with E-state index in [0.717, 1.165) is 46.9 Å². The van der Waals surface area contributed by atoms with E-state index in [-0.39, 0.29) is 11.3 Å². The Morgan fingerprint density at radius 2 is 1.50 bits per heavy atom. The van der Waals surface area contributed by atoms with Crippen LogP contribution in [0.3, 0.4) is 0 Å². The lowest BCUT2D eigenvalue weighted by Crippen LogP contribution is -2.24. The third kappa shape index (κ3) is 4.37. The molecule has 6 heteroatoms. The van der Waals surface area contributed by atoms with Crippen molar-refractivity contribution in [2.24, 2.45) is 5.10 Å². The molecule has 0 saturated carbocycles. The highest BCUT2D eigenvalue weighted by Gasteiger charge is 2.35. The van der Waals surface area contributed by atoms with E-state index in [1.54, 1.807) is 30.3 Å². The smallest absolute Gasteiger partial charge is 0.357 e. The average Bonchev–Trinajstić information content (AvgIpc) is 3.29. The second-order valence-electron chi connectivity index (χ2n) is 9.32. The Morgan fingerprint density at radius 1 is 0.816 bits per heavy atom. The van der Waals surface area contributed by atoms with Gasteiger partial charge in [-0.05, 0) is 77.6 Å². The highest BCUT2D eigenvalue weighted by Crippen LogP contribution is 2.36. The van der Waals surface area contributed by atoms with E-state index in [1.165, 1.54) is 11.1 Å². The molecule has 0 fully saturated rings. The number of benzene rings is 4. The van der Waals surface area contributed by atoms with E-state index in [2.05, 4.69) is 52.5 Å². The van der Waals surface area contributed by atoms with Crippen LogP contribution in [0.4, 0.5) is 17.1 Å². The van der Waals surface area contributed by atoms with Gasteiger partial charge < -0.3 is 10.0 Å². The summed E-state index contributed by atoms with van der Waals surface area (Å²) in [5, 5.41) is 15.0. The van der Waals surface area contributed by atoms with Crippen LogP contribution in [-0.2, 0) is 16.0 Å². The van der Waals surface area contributed by atoms with Crippen molar-refractivity contribution in [3.8, 4) is 11.1 Å². The summed E-state index contributed by atoms with van der Waals surface area (Å²) in [4.78, 5) is 27.4. The molecular formula is C32H25N3O3. The van der Waals surface area contributed by atoms with Crippen LogP contribution in [0.25, 0.3) is 17.2 Å². The minimum atomic E-state index is -1.23. The molecule has 0 aliphatic carbocycles. The maximum Gasteiger partial charge on any atom is 0.357 e. The molecule has 0 aromatic heterocycles. The molecule has 6 rings (SSSR count). The van der Waals surface area contributed by atoms with Gasteiger partial charge in [0.2, 0.25) is 0 Å². The highest BCUT2D eigenvalue weighted by atomic mass is 16.4. The van der Waals surface area contributed by atoms with E-state index in [1.807, 2.05) is 36.4 Å². The number of carbonyl (C=O) groups excluding carboxylic acids is 1. The Kier molecular flexibility index (Phi) is 6.06. The van der Waals surface area contributed by atoms with Crippen LogP contribution in [0.15, 0.2) is 114 Å². The monoisotopic (exact) mass is 499 g/mol. The first-order valence-electron chi connectivity index (χ1n) is 12.6. The molecule has 0 spiro atoms. The first kappa shape index (κ1) is 23.4. The minimum absolute atomic E-state index is 0.0745. The first-order valence-corrected chi connectivity index (χ1v) is 12.6. The van der Waals surface area contributed by atoms with Crippen LogP contribution >= 0.6 is 0 Å². The minimum Gasteiger partial charge on any atom is -0.476 e. The van der Waals surface area contributed by atoms with Gasteiger partial charge in [0.25, 0.3) is 5.91 Å². The highest BCUT2D eigenvalue weighted by molar-refractivity contribution is 6.53. The van der Waals surface area contributed by atoms with Gasteiger partial charge in [-0.2, -0.15) is 10.1 Å². The largest absolute Gasteiger partial charge is 0.476 e. The molecule has 6 nitrogen and oxygen atoms in total. The van der Waals surface area contributed by atoms with Gasteiger partial charge >= 0.3 is 5.97 Å². The molecular weight excluding hydrogens is 474 g/mol. The fourth-order valence-corrected chi connectivity index (χ4v) is 5.05. The SMILES string of the molecule is O=C(O)C1=NN(c2ccccc2)C(=O)C1=Cc1ccc2c(c1)CCCN2c1ccc(-c2ccccc2)cc1. The van der Waals surface area contributed by atoms with Gasteiger partial charge in [-0.25, -0.2) is 4.79 Å². The van der Waals surface area contributed by atoms with Crippen molar-refractivity contribution in [1.82, 2.24) is 0 Å². The van der Waals surface area contributed by atoms with E-state index in [4.69, 9.17) is 0 Å². The lowest BCUT2D eigenvalue weighted by atomic mass is 9.96. The van der Waals surface area contributed by atoms with Gasteiger partial charge in [0, 0.05) is 17.9 Å². The zero-order valence-electron chi connectivity index (χ0n) is 20.6. The predicted molar refractivity (Wildman–Crippen MR) is 151 cm³/mol. The topological polar surface area (TPSA) is 73.2 Å². The quantitative estimate of drug-likeness (QED) is 0.327. The lowest BCUT2D eigenvalue weighted by Gasteiger charge is -2.31. The summed E-state index contributed by atoms with van der Waals surface area (Å²) >= 11 is 0. The number of aryl methyl sites for hydroxylation is 1. The number of rotatable bonds is 5. The molecule has 2 heterocycles. The second kappa shape index (κ2) is 9.82. The molecule has 0 radical (unpaired) electrons. The summed E-state index contributed by atoms with van der Waals surface area (Å²) in [5.74, 6) is -1.68. The summed E-state index contributed by atoms with van der Waals surface area (Å²) in [6, 6.07) is 33.8. The van der Waals surface area contributed by atoms with Crippen LogP contribution < -0.4 is 9.91 Å². The number of hydrazone groups is 1. The number of hydrogen-bond donors (Lipinski definition) is 1. The van der Waals surface area contributed by atoms with Gasteiger partial charge in [-0.15, -0.1) is 0 Å². The standard InChI is InChI=1S/C32H25N3O3/c36-31-28(30(32(37)38)33-35(31)27-11-5-2-6-12-27)21-22-13-18-29-25(20-22)10-7-19-34(29)26-16-14-24(15-17-26)23-8-3-1-4-9-23/h1-6,8-9,11-18,20-21H,7,10,19H2,(H,37,38). The van der Waals surface area contributed by atoms with Gasteiger partial charge in [0.1, 0.15) is 0 Å². The third-order valence-electron chi connectivity index (χ3n) is 6.90. The van der Waals surface area contributed by atoms with Crippen molar-refractivity contribution in [1.29, 1.82) is 0 Å². The Balaban J connectivity index is 1.29. The van der Waals surface area contributed by atoms with Crippen LogP contribution in [0.5, 0.6) is 0 Å². The molecule has 1 amide bonds. The molecule has 4 aromatic rings. The Hall–Kier alpha value is -4.97. The van der Waals surface area contributed by atoms with E-state index in [9.17, 15) is 14.7 Å². The zero-order valence-corrected chi connectivity index (χ0v) is 20.6. The number of fused-ring (bicyclic) bond motifs is 1. The van der Waals surface area contributed by atoms with Gasteiger partial charge in [-0.3, -0.25) is 4.79 Å². The number of carbonyl (C=O) groups is 2. The molecule has 2 aliphatic rings. The molecule has 0 atom stereocenters. The van der Waals surface area contributed by atoms with E-state index >= 15 is 0 Å². The van der Waals surface area contributed by atoms with Crippen LogP contribution in [0, 0.1) is 0 Å². The number of amides is 1. The maximum absolute atomic E-state index is 13.2. The van der Waals surface area contributed by atoms with Crippen LogP contribution in [0.2, 0.25) is 0 Å². The molecule has 0 saturated heterocycles. The van der Waals surface area contributed by atoms with Crippen molar-refractivity contribution < 1.29 is 14.7 Å². The number of carboxylic acid groups (broad SMARTS) is 1. The summed E-state index contributed by atoms with van der Waals surface area (Å²) in [7, 11) is 0. The van der Waals surface area contributed by atoms with Crippen molar-refractivity contribution in [2.45, 2.75) is 12.8 Å². The lowest BCUT2D eigenvalue weighted by molar-refractivity contribution is -0.129. The normalized spacial score (nSPS) is 15.9. The van der Waals surface area contributed by atoms with E-state index < -0.39 is 11.9 Å². The van der Waals surface area contributed by atoms with Crippen molar-refractivity contribution in [3.05, 3.63) is 120 Å². The Labute approximate surface area is 220 Å². The third-order valence-corrected chi connectivity index (χ3v) is 6.90. The molecule has 38 heavy (non-hydrogen) atoms. The van der Waals surface area contributed by atoms with Crippen molar-refractivity contribution in [2.75, 3.05) is 16.5 Å². The fraction of sp³-hybridized carbons (Fsp3) is 0.0938. The molecule has 4 aromatic carbocycles. The number of hydrogen-bond acceptors (Lipinski definition) is 4.